The maximum absolute atomic E-state index is 12.5. The molecule has 21 heavy (non-hydrogen) atoms. The van der Waals surface area contributed by atoms with Crippen molar-refractivity contribution < 1.29 is 14.6 Å². The van der Waals surface area contributed by atoms with Gasteiger partial charge in [-0.1, -0.05) is 6.07 Å². The van der Waals surface area contributed by atoms with E-state index in [0.717, 1.165) is 11.1 Å². The number of hydrogen-bond donors (Lipinski definition) is 1. The molecule has 3 heterocycles. The van der Waals surface area contributed by atoms with Gasteiger partial charge in [-0.05, 0) is 18.6 Å². The van der Waals surface area contributed by atoms with Crippen LogP contribution >= 0.6 is 0 Å². The molecule has 112 valence electrons. The first kappa shape index (κ1) is 14.0. The van der Waals surface area contributed by atoms with Crippen molar-refractivity contribution in [3.05, 3.63) is 36.2 Å². The van der Waals surface area contributed by atoms with E-state index in [2.05, 4.69) is 5.10 Å². The van der Waals surface area contributed by atoms with Crippen LogP contribution in [-0.4, -0.2) is 57.9 Å². The number of carbonyl (C=O) groups excluding carboxylic acids is 1. The molecule has 0 aromatic carbocycles. The highest BCUT2D eigenvalue weighted by molar-refractivity contribution is 5.81. The van der Waals surface area contributed by atoms with Crippen LogP contribution in [0, 0.1) is 0 Å². The van der Waals surface area contributed by atoms with Gasteiger partial charge < -0.3 is 14.7 Å². The number of rotatable bonds is 4. The zero-order valence-electron chi connectivity index (χ0n) is 12.0. The van der Waals surface area contributed by atoms with E-state index in [4.69, 9.17) is 4.74 Å². The molecule has 2 atom stereocenters. The lowest BCUT2D eigenvalue weighted by Crippen LogP contribution is -2.38. The third-order valence-electron chi connectivity index (χ3n) is 4.09. The van der Waals surface area contributed by atoms with Gasteiger partial charge >= 0.3 is 0 Å². The van der Waals surface area contributed by atoms with Crippen molar-refractivity contribution >= 4 is 11.4 Å². The van der Waals surface area contributed by atoms with E-state index in [9.17, 15) is 9.90 Å². The fourth-order valence-corrected chi connectivity index (χ4v) is 2.91. The Morgan fingerprint density at radius 2 is 2.38 bits per heavy atom. The van der Waals surface area contributed by atoms with Crippen molar-refractivity contribution in [3.8, 4) is 0 Å². The van der Waals surface area contributed by atoms with Crippen molar-refractivity contribution in [2.75, 3.05) is 20.3 Å². The summed E-state index contributed by atoms with van der Waals surface area (Å²) in [4.78, 5) is 14.2. The number of aliphatic hydroxyl groups is 1. The quantitative estimate of drug-likeness (QED) is 0.889. The van der Waals surface area contributed by atoms with Gasteiger partial charge in [0.15, 0.2) is 0 Å². The third kappa shape index (κ3) is 2.64. The van der Waals surface area contributed by atoms with Crippen molar-refractivity contribution in [1.82, 2.24) is 14.5 Å². The van der Waals surface area contributed by atoms with Crippen molar-refractivity contribution in [3.63, 3.8) is 0 Å². The molecule has 6 heteroatoms. The third-order valence-corrected chi connectivity index (χ3v) is 4.09. The van der Waals surface area contributed by atoms with Crippen LogP contribution in [0.25, 0.3) is 5.52 Å². The summed E-state index contributed by atoms with van der Waals surface area (Å²) in [7, 11) is 1.64. The van der Waals surface area contributed by atoms with Crippen LogP contribution in [0.4, 0.5) is 0 Å². The van der Waals surface area contributed by atoms with Crippen LogP contribution < -0.4 is 0 Å². The maximum atomic E-state index is 12.5. The number of pyridine rings is 1. The molecule has 3 rings (SSSR count). The molecular formula is C15H19N3O3. The molecule has 1 fully saturated rings. The number of aliphatic hydroxyl groups excluding tert-OH is 1. The minimum Gasteiger partial charge on any atom is -0.394 e. The number of methoxy groups -OCH3 is 1. The summed E-state index contributed by atoms with van der Waals surface area (Å²) in [6.45, 7) is 0.514. The minimum atomic E-state index is -0.149. The van der Waals surface area contributed by atoms with Crippen LogP contribution in [0.5, 0.6) is 0 Å². The highest BCUT2D eigenvalue weighted by Gasteiger charge is 2.34. The zero-order chi connectivity index (χ0) is 14.8. The van der Waals surface area contributed by atoms with E-state index in [1.807, 2.05) is 24.4 Å². The Morgan fingerprint density at radius 1 is 1.52 bits per heavy atom. The van der Waals surface area contributed by atoms with Gasteiger partial charge in [-0.3, -0.25) is 4.79 Å². The fraction of sp³-hybridized carbons (Fsp3) is 0.467. The van der Waals surface area contributed by atoms with E-state index in [1.54, 1.807) is 22.7 Å². The van der Waals surface area contributed by atoms with E-state index in [0.29, 0.717) is 19.4 Å². The number of aromatic nitrogens is 2. The van der Waals surface area contributed by atoms with E-state index < -0.39 is 0 Å². The lowest BCUT2D eigenvalue weighted by atomic mass is 10.1. The average molecular weight is 289 g/mol. The zero-order valence-corrected chi connectivity index (χ0v) is 12.0. The standard InChI is InChI=1S/C15H19N3O3/c1-21-13-7-12(10-19)17(9-13)15(20)6-11-8-16-18-5-3-2-4-14(11)18/h2-5,8,12-13,19H,6-7,9-10H2,1H3/t12-,13+/m0/s1. The molecule has 0 saturated carbocycles. The summed E-state index contributed by atoms with van der Waals surface area (Å²) in [6.07, 6.45) is 4.57. The molecule has 1 saturated heterocycles. The lowest BCUT2D eigenvalue weighted by molar-refractivity contribution is -0.132. The van der Waals surface area contributed by atoms with Crippen LogP contribution in [0.15, 0.2) is 30.6 Å². The molecule has 0 bridgehead atoms. The number of fused-ring (bicyclic) bond motifs is 1. The second-order valence-corrected chi connectivity index (χ2v) is 5.35. The van der Waals surface area contributed by atoms with Gasteiger partial charge in [0.2, 0.25) is 5.91 Å². The van der Waals surface area contributed by atoms with Crippen LogP contribution in [-0.2, 0) is 16.0 Å². The van der Waals surface area contributed by atoms with Crippen LogP contribution in [0.3, 0.4) is 0 Å². The molecule has 1 N–H and O–H groups in total. The van der Waals surface area contributed by atoms with Gasteiger partial charge in [0, 0.05) is 25.4 Å². The Bertz CT molecular complexity index is 640. The SMILES string of the molecule is CO[C@@H]1C[C@@H](CO)N(C(=O)Cc2cnn3ccccc23)C1. The number of ether oxygens (including phenoxy) is 1. The topological polar surface area (TPSA) is 67.1 Å². The Hall–Kier alpha value is -1.92. The molecule has 2 aromatic heterocycles. The summed E-state index contributed by atoms with van der Waals surface area (Å²) in [5.41, 5.74) is 1.84. The van der Waals surface area contributed by atoms with E-state index in [-0.39, 0.29) is 24.7 Å². The van der Waals surface area contributed by atoms with Crippen molar-refractivity contribution in [2.24, 2.45) is 0 Å². The number of likely N-dealkylation sites (tertiary alicyclic amines) is 1. The number of hydrogen-bond acceptors (Lipinski definition) is 4. The predicted molar refractivity (Wildman–Crippen MR) is 76.9 cm³/mol. The number of amides is 1. The second-order valence-electron chi connectivity index (χ2n) is 5.35. The van der Waals surface area contributed by atoms with Crippen molar-refractivity contribution in [1.29, 1.82) is 0 Å². The molecule has 0 unspecified atom stereocenters. The van der Waals surface area contributed by atoms with E-state index in [1.165, 1.54) is 0 Å². The van der Waals surface area contributed by atoms with Gasteiger partial charge in [0.25, 0.3) is 0 Å². The highest BCUT2D eigenvalue weighted by atomic mass is 16.5. The summed E-state index contributed by atoms with van der Waals surface area (Å²) < 4.78 is 7.07. The largest absolute Gasteiger partial charge is 0.394 e. The van der Waals surface area contributed by atoms with Gasteiger partial charge in [0.1, 0.15) is 0 Å². The Kier molecular flexibility index (Phi) is 3.90. The van der Waals surface area contributed by atoms with Gasteiger partial charge in [-0.2, -0.15) is 5.10 Å². The normalized spacial score (nSPS) is 22.1. The Labute approximate surface area is 122 Å². The monoisotopic (exact) mass is 289 g/mol. The molecule has 0 radical (unpaired) electrons. The van der Waals surface area contributed by atoms with Crippen molar-refractivity contribution in [2.45, 2.75) is 25.0 Å². The van der Waals surface area contributed by atoms with Gasteiger partial charge in [-0.15, -0.1) is 0 Å². The Balaban J connectivity index is 1.77. The van der Waals surface area contributed by atoms with Crippen LogP contribution in [0.2, 0.25) is 0 Å². The number of nitrogens with zero attached hydrogens (tertiary/aromatic N) is 3. The molecule has 6 nitrogen and oxygen atoms in total. The minimum absolute atomic E-state index is 0.00681. The lowest BCUT2D eigenvalue weighted by Gasteiger charge is -2.22. The smallest absolute Gasteiger partial charge is 0.227 e. The first-order valence-electron chi connectivity index (χ1n) is 7.07. The predicted octanol–water partition coefficient (Wildman–Crippen LogP) is 0.485. The summed E-state index contributed by atoms with van der Waals surface area (Å²) in [6, 6.07) is 5.63. The van der Waals surface area contributed by atoms with Crippen LogP contribution in [0.1, 0.15) is 12.0 Å². The molecule has 1 aliphatic heterocycles. The molecule has 1 aliphatic rings. The molecule has 0 aliphatic carbocycles. The molecule has 2 aromatic rings. The summed E-state index contributed by atoms with van der Waals surface area (Å²) >= 11 is 0. The summed E-state index contributed by atoms with van der Waals surface area (Å²) in [5, 5.41) is 13.7. The fourth-order valence-electron chi connectivity index (χ4n) is 2.91. The highest BCUT2D eigenvalue weighted by Crippen LogP contribution is 2.21. The number of carbonyl (C=O) groups is 1. The van der Waals surface area contributed by atoms with Gasteiger partial charge in [-0.25, -0.2) is 4.52 Å². The van der Waals surface area contributed by atoms with Gasteiger partial charge in [0.05, 0.1) is 36.9 Å². The maximum Gasteiger partial charge on any atom is 0.227 e. The average Bonchev–Trinajstić information content (AvgIpc) is 3.11. The molecule has 1 amide bonds. The van der Waals surface area contributed by atoms with E-state index >= 15 is 0 Å². The first-order chi connectivity index (χ1) is 10.2. The summed E-state index contributed by atoms with van der Waals surface area (Å²) in [5.74, 6) is 0.00681. The Morgan fingerprint density at radius 3 is 3.14 bits per heavy atom. The molecular weight excluding hydrogens is 270 g/mol. The first-order valence-corrected chi connectivity index (χ1v) is 7.07. The second kappa shape index (κ2) is 5.83. The molecule has 0 spiro atoms.